The van der Waals surface area contributed by atoms with E-state index in [4.69, 9.17) is 26.8 Å². The van der Waals surface area contributed by atoms with E-state index in [-0.39, 0.29) is 28.7 Å². The molecule has 0 bridgehead atoms. The van der Waals surface area contributed by atoms with E-state index in [0.717, 1.165) is 11.1 Å². The van der Waals surface area contributed by atoms with E-state index in [0.29, 0.717) is 17.9 Å². The molecule has 0 aliphatic heterocycles. The molecule has 7 nitrogen and oxygen atoms in total. The third-order valence-corrected chi connectivity index (χ3v) is 4.50. The first-order valence-corrected chi connectivity index (χ1v) is 9.51. The summed E-state index contributed by atoms with van der Waals surface area (Å²) in [5.41, 5.74) is 8.03. The van der Waals surface area contributed by atoms with Crippen LogP contribution in [0.1, 0.15) is 23.6 Å². The molecule has 2 aromatic carbocycles. The van der Waals surface area contributed by atoms with E-state index >= 15 is 0 Å². The number of nitrogens with zero attached hydrogens (tertiary/aromatic N) is 1. The van der Waals surface area contributed by atoms with Gasteiger partial charge in [-0.25, -0.2) is 0 Å². The Hall–Kier alpha value is -3.50. The van der Waals surface area contributed by atoms with Crippen LogP contribution in [0.3, 0.4) is 0 Å². The van der Waals surface area contributed by atoms with E-state index in [1.54, 1.807) is 19.1 Å². The van der Waals surface area contributed by atoms with Gasteiger partial charge >= 0.3 is 0 Å². The number of benzene rings is 2. The predicted molar refractivity (Wildman–Crippen MR) is 115 cm³/mol. The Balaban J connectivity index is 2.36. The van der Waals surface area contributed by atoms with E-state index in [9.17, 15) is 14.9 Å². The molecule has 156 valence electrons. The molecule has 8 heteroatoms. The van der Waals surface area contributed by atoms with Gasteiger partial charge in [0.15, 0.2) is 18.1 Å². The third-order valence-electron chi connectivity index (χ3n) is 4.22. The van der Waals surface area contributed by atoms with Crippen molar-refractivity contribution in [3.8, 4) is 17.6 Å². The number of hydrogen-bond donors (Lipinski definition) is 2. The molecule has 0 saturated carbocycles. The summed E-state index contributed by atoms with van der Waals surface area (Å²) in [5.74, 6) is -0.778. The highest BCUT2D eigenvalue weighted by molar-refractivity contribution is 6.32. The van der Waals surface area contributed by atoms with Crippen molar-refractivity contribution in [1.82, 2.24) is 0 Å². The summed E-state index contributed by atoms with van der Waals surface area (Å²) < 4.78 is 10.8. The minimum Gasteiger partial charge on any atom is -0.490 e. The van der Waals surface area contributed by atoms with E-state index in [1.807, 2.05) is 32.0 Å². The second-order valence-corrected chi connectivity index (χ2v) is 6.80. The van der Waals surface area contributed by atoms with Crippen LogP contribution in [0.25, 0.3) is 6.08 Å². The highest BCUT2D eigenvalue weighted by Crippen LogP contribution is 2.37. The van der Waals surface area contributed by atoms with Gasteiger partial charge in [0, 0.05) is 5.69 Å². The van der Waals surface area contributed by atoms with E-state index < -0.39 is 11.8 Å². The molecule has 0 fully saturated rings. The molecular formula is C22H22ClN3O4. The van der Waals surface area contributed by atoms with Crippen LogP contribution in [0.2, 0.25) is 5.02 Å². The van der Waals surface area contributed by atoms with Crippen molar-refractivity contribution >= 4 is 35.2 Å². The van der Waals surface area contributed by atoms with Crippen LogP contribution in [0.5, 0.6) is 11.5 Å². The number of carbonyl (C=O) groups is 2. The fourth-order valence-corrected chi connectivity index (χ4v) is 2.88. The van der Waals surface area contributed by atoms with Crippen molar-refractivity contribution in [1.29, 1.82) is 5.26 Å². The second kappa shape index (κ2) is 10.3. The number of nitrogens with two attached hydrogens (primary N) is 1. The number of rotatable bonds is 8. The average molecular weight is 428 g/mol. The van der Waals surface area contributed by atoms with Gasteiger partial charge in [-0.1, -0.05) is 23.7 Å². The van der Waals surface area contributed by atoms with E-state index in [2.05, 4.69) is 5.32 Å². The van der Waals surface area contributed by atoms with Gasteiger partial charge in [-0.15, -0.1) is 0 Å². The van der Waals surface area contributed by atoms with Gasteiger partial charge in [0.25, 0.3) is 11.8 Å². The third kappa shape index (κ3) is 5.75. The zero-order valence-electron chi connectivity index (χ0n) is 16.9. The normalized spacial score (nSPS) is 10.8. The molecule has 2 aromatic rings. The lowest BCUT2D eigenvalue weighted by Crippen LogP contribution is -2.20. The van der Waals surface area contributed by atoms with E-state index in [1.165, 1.54) is 12.1 Å². The number of ether oxygens (including phenoxy) is 2. The first kappa shape index (κ1) is 22.8. The van der Waals surface area contributed by atoms with Crippen LogP contribution in [-0.4, -0.2) is 25.0 Å². The van der Waals surface area contributed by atoms with Crippen LogP contribution in [0.15, 0.2) is 35.9 Å². The maximum Gasteiger partial charge on any atom is 0.266 e. The number of hydrogen-bond acceptors (Lipinski definition) is 5. The summed E-state index contributed by atoms with van der Waals surface area (Å²) in [5, 5.41) is 12.4. The summed E-state index contributed by atoms with van der Waals surface area (Å²) in [4.78, 5) is 23.6. The Kier molecular flexibility index (Phi) is 7.84. The standard InChI is InChI=1S/C22H22ClN3O4/c1-4-29-19-10-15(9-17(23)21(19)30-12-20(25)27)8-16(11-24)22(28)26-18-7-5-6-13(2)14(18)3/h5-10H,4,12H2,1-3H3,(H2,25,27)(H,26,28)/b16-8+. The van der Waals surface area contributed by atoms with Gasteiger partial charge in [0.1, 0.15) is 11.6 Å². The van der Waals surface area contributed by atoms with Gasteiger partial charge < -0.3 is 20.5 Å². The zero-order chi connectivity index (χ0) is 22.3. The Morgan fingerprint density at radius 2 is 2.00 bits per heavy atom. The average Bonchev–Trinajstić information content (AvgIpc) is 2.69. The van der Waals surface area contributed by atoms with Crippen LogP contribution in [-0.2, 0) is 9.59 Å². The number of carbonyl (C=O) groups excluding carboxylic acids is 2. The Morgan fingerprint density at radius 3 is 2.63 bits per heavy atom. The molecule has 0 atom stereocenters. The monoisotopic (exact) mass is 427 g/mol. The molecule has 2 amide bonds. The minimum absolute atomic E-state index is 0.111. The lowest BCUT2D eigenvalue weighted by atomic mass is 10.1. The highest BCUT2D eigenvalue weighted by atomic mass is 35.5. The van der Waals surface area contributed by atoms with Crippen LogP contribution in [0, 0.1) is 25.2 Å². The SMILES string of the molecule is CCOc1cc(/C=C(\C#N)C(=O)Nc2cccc(C)c2C)cc(Cl)c1OCC(N)=O. The Labute approximate surface area is 180 Å². The van der Waals surface area contributed by atoms with Gasteiger partial charge in [-0.2, -0.15) is 5.26 Å². The minimum atomic E-state index is -0.660. The lowest BCUT2D eigenvalue weighted by molar-refractivity contribution is -0.120. The molecule has 0 radical (unpaired) electrons. The van der Waals surface area contributed by atoms with Crippen molar-refractivity contribution in [2.24, 2.45) is 5.73 Å². The quantitative estimate of drug-likeness (QED) is 0.491. The molecule has 30 heavy (non-hydrogen) atoms. The van der Waals surface area contributed by atoms with Crippen molar-refractivity contribution in [2.45, 2.75) is 20.8 Å². The molecule has 2 rings (SSSR count). The van der Waals surface area contributed by atoms with Crippen molar-refractivity contribution < 1.29 is 19.1 Å². The lowest BCUT2D eigenvalue weighted by Gasteiger charge is -2.14. The number of aryl methyl sites for hydroxylation is 1. The molecule has 0 aromatic heterocycles. The van der Waals surface area contributed by atoms with Crippen LogP contribution in [0.4, 0.5) is 5.69 Å². The number of nitrogens with one attached hydrogen (secondary N) is 1. The smallest absolute Gasteiger partial charge is 0.266 e. The summed E-state index contributed by atoms with van der Waals surface area (Å²) >= 11 is 6.26. The first-order chi connectivity index (χ1) is 14.3. The molecule has 0 heterocycles. The summed E-state index contributed by atoms with van der Waals surface area (Å²) in [6.07, 6.45) is 1.40. The number of halogens is 1. The highest BCUT2D eigenvalue weighted by Gasteiger charge is 2.16. The molecule has 0 spiro atoms. The van der Waals surface area contributed by atoms with Crippen molar-refractivity contribution in [3.63, 3.8) is 0 Å². The summed E-state index contributed by atoms with van der Waals surface area (Å²) in [6.45, 7) is 5.54. The largest absolute Gasteiger partial charge is 0.490 e. The van der Waals surface area contributed by atoms with Crippen LogP contribution < -0.4 is 20.5 Å². The topological polar surface area (TPSA) is 114 Å². The summed E-state index contributed by atoms with van der Waals surface area (Å²) in [7, 11) is 0. The second-order valence-electron chi connectivity index (χ2n) is 6.39. The Bertz CT molecular complexity index is 1040. The maximum absolute atomic E-state index is 12.6. The number of primary amides is 1. The molecule has 0 aliphatic rings. The maximum atomic E-state index is 12.6. The number of nitriles is 1. The fraction of sp³-hybridized carbons (Fsp3) is 0.227. The first-order valence-electron chi connectivity index (χ1n) is 9.13. The van der Waals surface area contributed by atoms with Gasteiger partial charge in [0.2, 0.25) is 0 Å². The summed E-state index contributed by atoms with van der Waals surface area (Å²) in [6, 6.07) is 10.5. The van der Waals surface area contributed by atoms with Crippen molar-refractivity contribution in [2.75, 3.05) is 18.5 Å². The Morgan fingerprint density at radius 1 is 1.27 bits per heavy atom. The molecule has 3 N–H and O–H groups in total. The molecular weight excluding hydrogens is 406 g/mol. The zero-order valence-corrected chi connectivity index (χ0v) is 17.7. The van der Waals surface area contributed by atoms with Crippen molar-refractivity contribution in [3.05, 3.63) is 57.6 Å². The molecule has 0 aliphatic carbocycles. The molecule has 0 unspecified atom stereocenters. The van der Waals surface area contributed by atoms with Crippen LogP contribution >= 0.6 is 11.6 Å². The number of amides is 2. The predicted octanol–water partition coefficient (Wildman–Crippen LogP) is 3.77. The number of anilines is 1. The van der Waals surface area contributed by atoms with Gasteiger partial charge in [-0.05, 0) is 61.7 Å². The molecule has 0 saturated heterocycles. The van der Waals surface area contributed by atoms with Gasteiger partial charge in [-0.3, -0.25) is 9.59 Å². The van der Waals surface area contributed by atoms with Gasteiger partial charge in [0.05, 0.1) is 11.6 Å². The fourth-order valence-electron chi connectivity index (χ4n) is 2.61.